The first kappa shape index (κ1) is 24.9. The van der Waals surface area contributed by atoms with Gasteiger partial charge in [-0.3, -0.25) is 9.59 Å². The van der Waals surface area contributed by atoms with Crippen molar-refractivity contribution in [3.05, 3.63) is 89.2 Å². The van der Waals surface area contributed by atoms with Gasteiger partial charge in [-0.1, -0.05) is 30.3 Å². The van der Waals surface area contributed by atoms with Gasteiger partial charge in [0.15, 0.2) is 11.5 Å². The van der Waals surface area contributed by atoms with E-state index in [2.05, 4.69) is 15.8 Å². The zero-order chi connectivity index (χ0) is 25.0. The molecule has 2 amide bonds. The van der Waals surface area contributed by atoms with Crippen LogP contribution in [0, 0.1) is 17.1 Å². The Balaban J connectivity index is 1.57. The molecule has 3 aromatic carbocycles. The van der Waals surface area contributed by atoms with Crippen LogP contribution in [0.15, 0.2) is 71.8 Å². The Labute approximate surface area is 202 Å². The highest BCUT2D eigenvalue weighted by molar-refractivity contribution is 6.39. The molecule has 0 saturated heterocycles. The standard InChI is InChI=1S/C26H23FN4O4/c1-2-34-24-15-19(9-12-23(24)35-17-20-5-3-4-6-22(20)27)16-29-31-26(33)25(32)30-21-10-7-18(8-11-21)13-14-28/h3-12,15-16H,2,13,17H2,1H3,(H,30,32)(H,31,33). The largest absolute Gasteiger partial charge is 0.490 e. The molecule has 0 spiro atoms. The summed E-state index contributed by atoms with van der Waals surface area (Å²) in [5.41, 5.74) is 4.38. The molecule has 0 atom stereocenters. The van der Waals surface area contributed by atoms with Crippen molar-refractivity contribution in [1.82, 2.24) is 5.43 Å². The highest BCUT2D eigenvalue weighted by Gasteiger charge is 2.13. The minimum Gasteiger partial charge on any atom is -0.490 e. The Hall–Kier alpha value is -4.71. The summed E-state index contributed by atoms with van der Waals surface area (Å²) in [4.78, 5) is 24.1. The number of nitriles is 1. The van der Waals surface area contributed by atoms with E-state index >= 15 is 0 Å². The van der Waals surface area contributed by atoms with Gasteiger partial charge in [0, 0.05) is 11.3 Å². The number of carbonyl (C=O) groups excluding carboxylic acids is 2. The molecule has 0 bridgehead atoms. The van der Waals surface area contributed by atoms with Gasteiger partial charge in [0.25, 0.3) is 0 Å². The number of halogens is 1. The number of benzene rings is 3. The van der Waals surface area contributed by atoms with E-state index in [4.69, 9.17) is 14.7 Å². The van der Waals surface area contributed by atoms with Crippen molar-refractivity contribution in [2.75, 3.05) is 11.9 Å². The van der Waals surface area contributed by atoms with Gasteiger partial charge in [-0.15, -0.1) is 0 Å². The summed E-state index contributed by atoms with van der Waals surface area (Å²) in [5.74, 6) is -1.34. The molecule has 0 aliphatic heterocycles. The first-order chi connectivity index (χ1) is 17.0. The molecule has 35 heavy (non-hydrogen) atoms. The number of hydrazone groups is 1. The summed E-state index contributed by atoms with van der Waals surface area (Å²) < 4.78 is 25.1. The van der Waals surface area contributed by atoms with Crippen LogP contribution in [0.3, 0.4) is 0 Å². The Morgan fingerprint density at radius 3 is 2.51 bits per heavy atom. The molecule has 8 nitrogen and oxygen atoms in total. The number of hydrogen-bond acceptors (Lipinski definition) is 6. The van der Waals surface area contributed by atoms with Crippen molar-refractivity contribution in [3.63, 3.8) is 0 Å². The van der Waals surface area contributed by atoms with Crippen LogP contribution in [0.2, 0.25) is 0 Å². The smallest absolute Gasteiger partial charge is 0.329 e. The predicted octanol–water partition coefficient (Wildman–Crippen LogP) is 3.96. The van der Waals surface area contributed by atoms with E-state index in [-0.39, 0.29) is 18.8 Å². The Morgan fingerprint density at radius 1 is 1.03 bits per heavy atom. The van der Waals surface area contributed by atoms with E-state index in [1.54, 1.807) is 60.7 Å². The van der Waals surface area contributed by atoms with Gasteiger partial charge in [0.1, 0.15) is 12.4 Å². The molecule has 0 unspecified atom stereocenters. The molecule has 0 saturated carbocycles. The van der Waals surface area contributed by atoms with Crippen molar-refractivity contribution in [1.29, 1.82) is 5.26 Å². The Morgan fingerprint density at radius 2 is 1.80 bits per heavy atom. The lowest BCUT2D eigenvalue weighted by Gasteiger charge is -2.13. The Bertz CT molecular complexity index is 1250. The summed E-state index contributed by atoms with van der Waals surface area (Å²) in [5, 5.41) is 15.0. The Kier molecular flexibility index (Phi) is 8.91. The highest BCUT2D eigenvalue weighted by atomic mass is 19.1. The van der Waals surface area contributed by atoms with Crippen LogP contribution in [0.4, 0.5) is 10.1 Å². The number of nitrogens with zero attached hydrogens (tertiary/aromatic N) is 2. The molecule has 0 heterocycles. The SMILES string of the molecule is CCOc1cc(C=NNC(=O)C(=O)Nc2ccc(CC#N)cc2)ccc1OCc1ccccc1F. The molecule has 178 valence electrons. The maximum atomic E-state index is 13.8. The van der Waals surface area contributed by atoms with Gasteiger partial charge in [-0.05, 0) is 54.4 Å². The summed E-state index contributed by atoms with van der Waals surface area (Å²) in [6.45, 7) is 2.23. The van der Waals surface area contributed by atoms with Crippen molar-refractivity contribution in [3.8, 4) is 17.6 Å². The number of hydrogen-bond donors (Lipinski definition) is 2. The average molecular weight is 474 g/mol. The fraction of sp³-hybridized carbons (Fsp3) is 0.154. The zero-order valence-electron chi connectivity index (χ0n) is 19.0. The van der Waals surface area contributed by atoms with Gasteiger partial charge < -0.3 is 14.8 Å². The van der Waals surface area contributed by atoms with Crippen molar-refractivity contribution >= 4 is 23.7 Å². The first-order valence-electron chi connectivity index (χ1n) is 10.7. The molecule has 0 aromatic heterocycles. The molecule has 3 rings (SSSR count). The second kappa shape index (κ2) is 12.5. The molecule has 0 aliphatic rings. The second-order valence-electron chi connectivity index (χ2n) is 7.20. The highest BCUT2D eigenvalue weighted by Crippen LogP contribution is 2.29. The van der Waals surface area contributed by atoms with E-state index in [0.29, 0.717) is 34.9 Å². The number of ether oxygens (including phenoxy) is 2. The van der Waals surface area contributed by atoms with E-state index in [1.807, 2.05) is 13.0 Å². The monoisotopic (exact) mass is 474 g/mol. The number of anilines is 1. The lowest BCUT2D eigenvalue weighted by atomic mass is 10.1. The van der Waals surface area contributed by atoms with Crippen LogP contribution in [0.25, 0.3) is 0 Å². The van der Waals surface area contributed by atoms with Crippen LogP contribution >= 0.6 is 0 Å². The third-order valence-corrected chi connectivity index (χ3v) is 4.69. The first-order valence-corrected chi connectivity index (χ1v) is 10.7. The van der Waals surface area contributed by atoms with Crippen LogP contribution in [-0.2, 0) is 22.6 Å². The van der Waals surface area contributed by atoms with Gasteiger partial charge in [-0.25, -0.2) is 9.82 Å². The average Bonchev–Trinajstić information content (AvgIpc) is 2.86. The van der Waals surface area contributed by atoms with Crippen molar-refractivity contribution in [2.45, 2.75) is 20.0 Å². The number of nitrogens with one attached hydrogen (secondary N) is 2. The van der Waals surface area contributed by atoms with Gasteiger partial charge in [-0.2, -0.15) is 10.4 Å². The van der Waals surface area contributed by atoms with Crippen LogP contribution in [0.5, 0.6) is 11.5 Å². The van der Waals surface area contributed by atoms with E-state index in [0.717, 1.165) is 5.56 Å². The summed E-state index contributed by atoms with van der Waals surface area (Å²) in [6.07, 6.45) is 1.61. The van der Waals surface area contributed by atoms with Gasteiger partial charge in [0.2, 0.25) is 0 Å². The number of carbonyl (C=O) groups is 2. The third-order valence-electron chi connectivity index (χ3n) is 4.69. The predicted molar refractivity (Wildman–Crippen MR) is 128 cm³/mol. The van der Waals surface area contributed by atoms with E-state index in [9.17, 15) is 14.0 Å². The maximum absolute atomic E-state index is 13.8. The lowest BCUT2D eigenvalue weighted by Crippen LogP contribution is -2.32. The number of rotatable bonds is 9. The lowest BCUT2D eigenvalue weighted by molar-refractivity contribution is -0.136. The van der Waals surface area contributed by atoms with Crippen molar-refractivity contribution in [2.24, 2.45) is 5.10 Å². The summed E-state index contributed by atoms with van der Waals surface area (Å²) in [7, 11) is 0. The molecule has 2 N–H and O–H groups in total. The fourth-order valence-electron chi connectivity index (χ4n) is 2.96. The zero-order valence-corrected chi connectivity index (χ0v) is 19.0. The molecule has 0 aliphatic carbocycles. The molecule has 0 radical (unpaired) electrons. The third kappa shape index (κ3) is 7.40. The van der Waals surface area contributed by atoms with E-state index in [1.165, 1.54) is 12.3 Å². The van der Waals surface area contributed by atoms with Crippen LogP contribution in [0.1, 0.15) is 23.6 Å². The van der Waals surface area contributed by atoms with Gasteiger partial charge >= 0.3 is 11.8 Å². The maximum Gasteiger partial charge on any atom is 0.329 e. The van der Waals surface area contributed by atoms with Crippen LogP contribution < -0.4 is 20.2 Å². The summed E-state index contributed by atoms with van der Waals surface area (Å²) in [6, 6.07) is 19.9. The van der Waals surface area contributed by atoms with Crippen molar-refractivity contribution < 1.29 is 23.5 Å². The molecule has 3 aromatic rings. The minimum atomic E-state index is -0.947. The van der Waals surface area contributed by atoms with E-state index < -0.39 is 11.8 Å². The minimum absolute atomic E-state index is 0.0341. The van der Waals surface area contributed by atoms with Crippen LogP contribution in [-0.4, -0.2) is 24.6 Å². The molecule has 9 heteroatoms. The topological polar surface area (TPSA) is 113 Å². The quantitative estimate of drug-likeness (QED) is 0.277. The molecular formula is C26H23FN4O4. The normalized spacial score (nSPS) is 10.4. The number of amides is 2. The second-order valence-corrected chi connectivity index (χ2v) is 7.20. The molecular weight excluding hydrogens is 451 g/mol. The fourth-order valence-corrected chi connectivity index (χ4v) is 2.96. The molecule has 0 fully saturated rings. The summed E-state index contributed by atoms with van der Waals surface area (Å²) >= 11 is 0. The van der Waals surface area contributed by atoms with Gasteiger partial charge in [0.05, 0.1) is 25.3 Å².